The zero-order valence-corrected chi connectivity index (χ0v) is 60.1. The van der Waals surface area contributed by atoms with Gasteiger partial charge in [-0.05, 0) is 185 Å². The molecule has 0 aliphatic heterocycles. The van der Waals surface area contributed by atoms with Crippen LogP contribution in [0, 0.1) is 17.9 Å². The van der Waals surface area contributed by atoms with Crippen LogP contribution in [0.15, 0.2) is 267 Å². The van der Waals surface area contributed by atoms with E-state index in [1.54, 1.807) is 0 Å². The number of rotatable bonds is 8. The molecule has 0 atom stereocenters. The summed E-state index contributed by atoms with van der Waals surface area (Å²) in [7, 11) is 0. The van der Waals surface area contributed by atoms with Crippen LogP contribution in [0.3, 0.4) is 0 Å². The molecule has 0 bridgehead atoms. The molecule has 0 spiro atoms. The van der Waals surface area contributed by atoms with Crippen LogP contribution in [0.25, 0.3) is 159 Å². The van der Waals surface area contributed by atoms with Crippen molar-refractivity contribution in [2.24, 2.45) is 0 Å². The summed E-state index contributed by atoms with van der Waals surface area (Å²) in [6, 6.07) is 101. The van der Waals surface area contributed by atoms with Crippen molar-refractivity contribution in [3.8, 4) is 73.3 Å². The molecule has 0 aliphatic rings. The predicted octanol–water partition coefficient (Wildman–Crippen LogP) is 26.4. The number of nitriles is 1. The van der Waals surface area contributed by atoms with E-state index in [1.165, 1.54) is 22.3 Å². The largest absolute Gasteiger partial charge is 0.317 e. The minimum Gasteiger partial charge on any atom is -0.317 e. The number of nitrogens with zero attached hydrogens (tertiary/aromatic N) is 6. The van der Waals surface area contributed by atoms with Crippen LogP contribution < -0.4 is 0 Å². The monoisotopic (exact) mass is 1320 g/mol. The number of benzene rings is 13. The van der Waals surface area contributed by atoms with Crippen molar-refractivity contribution in [2.75, 3.05) is 0 Å². The predicted molar refractivity (Wildman–Crippen MR) is 431 cm³/mol. The first-order valence-electron chi connectivity index (χ1n) is 35.7. The van der Waals surface area contributed by atoms with E-state index in [4.69, 9.17) is 4.85 Å². The third-order valence-electron chi connectivity index (χ3n) is 21.4. The van der Waals surface area contributed by atoms with E-state index in [1.807, 2.05) is 0 Å². The lowest BCUT2D eigenvalue weighted by atomic mass is 9.85. The molecule has 0 N–H and O–H groups in total. The molecule has 0 saturated carbocycles. The molecule has 6 nitrogen and oxygen atoms in total. The molecule has 6 heteroatoms. The smallest absolute Gasteiger partial charge is 0.238 e. The summed E-state index contributed by atoms with van der Waals surface area (Å²) < 4.78 is 9.42. The van der Waals surface area contributed by atoms with Crippen LogP contribution in [0.4, 0.5) is 5.69 Å². The van der Waals surface area contributed by atoms with Gasteiger partial charge >= 0.3 is 0 Å². The van der Waals surface area contributed by atoms with Gasteiger partial charge in [0.1, 0.15) is 11.6 Å². The highest BCUT2D eigenvalue weighted by Crippen LogP contribution is 2.54. The van der Waals surface area contributed by atoms with Gasteiger partial charge in [0.2, 0.25) is 5.69 Å². The Labute approximate surface area is 597 Å². The normalized spacial score (nSPS) is 12.5. The third kappa shape index (κ3) is 10.2. The maximum Gasteiger partial charge on any atom is 0.238 e. The van der Waals surface area contributed by atoms with E-state index in [9.17, 15) is 11.8 Å². The molecule has 102 heavy (non-hydrogen) atoms. The Morgan fingerprint density at radius 3 is 0.667 bits per heavy atom. The van der Waals surface area contributed by atoms with E-state index in [0.717, 1.165) is 132 Å². The zero-order chi connectivity index (χ0) is 70.5. The Morgan fingerprint density at radius 2 is 0.461 bits per heavy atom. The summed E-state index contributed by atoms with van der Waals surface area (Å²) in [5.41, 5.74) is 23.3. The van der Waals surface area contributed by atoms with Gasteiger partial charge in [-0.2, -0.15) is 5.26 Å². The third-order valence-corrected chi connectivity index (χ3v) is 21.4. The highest BCUT2D eigenvalue weighted by Gasteiger charge is 2.36. The van der Waals surface area contributed by atoms with Gasteiger partial charge in [-0.25, -0.2) is 4.85 Å². The van der Waals surface area contributed by atoms with Crippen LogP contribution in [-0.2, 0) is 21.7 Å². The van der Waals surface area contributed by atoms with Crippen LogP contribution in [0.2, 0.25) is 0 Å². The number of aromatic nitrogens is 4. The Morgan fingerprint density at radius 1 is 0.255 bits per heavy atom. The topological polar surface area (TPSA) is 47.9 Å². The summed E-state index contributed by atoms with van der Waals surface area (Å²) in [4.78, 5) is 5.16. The van der Waals surface area contributed by atoms with E-state index < -0.39 is 0 Å². The van der Waals surface area contributed by atoms with Gasteiger partial charge in [0.05, 0.1) is 73.5 Å². The Hall–Kier alpha value is -12.0. The van der Waals surface area contributed by atoms with Crippen LogP contribution >= 0.6 is 0 Å². The summed E-state index contributed by atoms with van der Waals surface area (Å²) in [6.45, 7) is 37.9. The maximum absolute atomic E-state index is 13.5. The first-order valence-corrected chi connectivity index (χ1v) is 35.7. The second kappa shape index (κ2) is 23.3. The van der Waals surface area contributed by atoms with Gasteiger partial charge < -0.3 is 18.3 Å². The molecule has 4 heterocycles. The van der Waals surface area contributed by atoms with E-state index in [-0.39, 0.29) is 21.7 Å². The molecule has 0 amide bonds. The fraction of sp³-hybridized carbons (Fsp3) is 0.167. The lowest BCUT2D eigenvalue weighted by Gasteiger charge is -2.27. The Bertz CT molecular complexity index is 5660. The summed E-state index contributed by atoms with van der Waals surface area (Å²) >= 11 is 0. The molecule has 4 aromatic heterocycles. The van der Waals surface area contributed by atoms with Crippen molar-refractivity contribution in [2.45, 2.75) is 105 Å². The number of hydrogen-bond acceptors (Lipinski definition) is 1. The van der Waals surface area contributed by atoms with Crippen molar-refractivity contribution < 1.29 is 0 Å². The molecule has 0 radical (unpaired) electrons. The van der Waals surface area contributed by atoms with Crippen LogP contribution in [-0.4, -0.2) is 18.3 Å². The average Bonchev–Trinajstić information content (AvgIpc) is 1.47. The van der Waals surface area contributed by atoms with Gasteiger partial charge in [0.15, 0.2) is 0 Å². The van der Waals surface area contributed by atoms with Crippen LogP contribution in [0.5, 0.6) is 0 Å². The van der Waals surface area contributed by atoms with Gasteiger partial charge in [-0.15, -0.1) is 0 Å². The summed E-state index contributed by atoms with van der Waals surface area (Å²) in [6.07, 6.45) is 0. The lowest BCUT2D eigenvalue weighted by Crippen LogP contribution is -2.15. The Balaban J connectivity index is 1.15. The Kier molecular flexibility index (Phi) is 14.5. The van der Waals surface area contributed by atoms with Crippen LogP contribution in [0.1, 0.15) is 111 Å². The average molecular weight is 1320 g/mol. The van der Waals surface area contributed by atoms with Gasteiger partial charge in [0.25, 0.3) is 0 Å². The lowest BCUT2D eigenvalue weighted by molar-refractivity contribution is 0.590. The molecular formula is C96H80N6. The molecule has 0 fully saturated rings. The van der Waals surface area contributed by atoms with Crippen molar-refractivity contribution in [1.29, 1.82) is 5.26 Å². The summed E-state index contributed by atoms with van der Waals surface area (Å²) in [5.74, 6) is 0. The van der Waals surface area contributed by atoms with E-state index >= 15 is 0 Å². The molecule has 17 rings (SSSR count). The van der Waals surface area contributed by atoms with Crippen molar-refractivity contribution >= 4 is 92.9 Å². The van der Waals surface area contributed by atoms with Gasteiger partial charge in [0, 0.05) is 43.1 Å². The first kappa shape index (κ1) is 63.5. The van der Waals surface area contributed by atoms with Gasteiger partial charge in [-0.3, -0.25) is 0 Å². The second-order valence-corrected chi connectivity index (χ2v) is 32.0. The fourth-order valence-corrected chi connectivity index (χ4v) is 15.9. The minimum absolute atomic E-state index is 0.194. The number of hydrogen-bond donors (Lipinski definition) is 0. The van der Waals surface area contributed by atoms with E-state index in [0.29, 0.717) is 34.0 Å². The molecular weight excluding hydrogens is 1240 g/mol. The molecule has 494 valence electrons. The second-order valence-electron chi connectivity index (χ2n) is 32.0. The molecule has 0 aliphatic carbocycles. The quantitative estimate of drug-likeness (QED) is 0.140. The van der Waals surface area contributed by atoms with E-state index in [2.05, 4.69) is 374 Å². The standard InChI is InChI=1S/C96H80N6/c1-93(2,3)67-38-46-84-75(54-67)76-55-68(94(4,5)6)39-47-85(76)100(84)90-79(58-97)89(99-80-42-34-63(59-26-18-14-19-27-59)50-71(80)72-51-64(35-43-81(72)99)60-28-20-15-21-29-60)92(102-86-48-40-69(95(7,8)9)56-77(86)78-57-70(96(10,11)12)41-49-87(78)102)88(98-13)91(90)101-82-44-36-65(61-30-22-16-23-31-61)52-73(82)74-53-66(37-45-83(74)101)62-32-24-17-25-33-62/h14-57H,1-12H3. The molecule has 17 aromatic rings. The molecule has 13 aromatic carbocycles. The van der Waals surface area contributed by atoms with Crippen molar-refractivity contribution in [3.05, 3.63) is 306 Å². The fourth-order valence-electron chi connectivity index (χ4n) is 15.9. The van der Waals surface area contributed by atoms with Gasteiger partial charge in [-0.1, -0.05) is 253 Å². The zero-order valence-electron chi connectivity index (χ0n) is 60.1. The highest BCUT2D eigenvalue weighted by molar-refractivity contribution is 6.18. The summed E-state index contributed by atoms with van der Waals surface area (Å²) in [5, 5.41) is 21.9. The molecule has 0 saturated heterocycles. The SMILES string of the molecule is [C-]#[N+]c1c(-n2c3ccc(-c4ccccc4)cc3c3cc(-c4ccccc4)ccc32)c(-n2c3ccc(C(C)(C)C)cc3c3cc(C(C)(C)C)ccc32)c(C#N)c(-n2c3ccc(-c4ccccc4)cc3c3cc(-c4ccccc4)ccc32)c1-n1c2ccc(C(C)(C)C)cc2c2cc(C(C)(C)C)ccc21. The van der Waals surface area contributed by atoms with Crippen molar-refractivity contribution in [3.63, 3.8) is 0 Å². The minimum atomic E-state index is -0.194. The maximum atomic E-state index is 13.5. The first-order chi connectivity index (χ1) is 49.0. The highest BCUT2D eigenvalue weighted by atomic mass is 15.1. The molecule has 0 unspecified atom stereocenters. The number of fused-ring (bicyclic) bond motifs is 12. The van der Waals surface area contributed by atoms with Crippen molar-refractivity contribution in [1.82, 2.24) is 18.3 Å².